The summed E-state index contributed by atoms with van der Waals surface area (Å²) in [6, 6.07) is 6.14. The number of fused-ring (bicyclic) bond motifs is 1. The molecule has 0 saturated heterocycles. The van der Waals surface area contributed by atoms with Gasteiger partial charge in [-0.3, -0.25) is 4.79 Å². The topological polar surface area (TPSA) is 54.0 Å². The first-order valence-corrected chi connectivity index (χ1v) is 9.55. The number of carbonyl (C=O) groups is 1. The quantitative estimate of drug-likeness (QED) is 0.871. The molecular weight excluding hydrogens is 314 g/mol. The number of aryl methyl sites for hydroxylation is 1. The molecule has 116 valence electrons. The third-order valence-electron chi connectivity index (χ3n) is 3.56. The van der Waals surface area contributed by atoms with Gasteiger partial charge in [-0.05, 0) is 42.9 Å². The second-order valence-corrected chi connectivity index (χ2v) is 7.35. The van der Waals surface area contributed by atoms with Gasteiger partial charge in [0.25, 0.3) is 0 Å². The Morgan fingerprint density at radius 2 is 2.32 bits per heavy atom. The molecule has 0 fully saturated rings. The summed E-state index contributed by atoms with van der Waals surface area (Å²) in [7, 11) is 0. The largest absolute Gasteiger partial charge is 0.379 e. The van der Waals surface area contributed by atoms with Crippen molar-refractivity contribution in [1.82, 2.24) is 4.98 Å². The third kappa shape index (κ3) is 3.81. The summed E-state index contributed by atoms with van der Waals surface area (Å²) in [5, 5.41) is 7.49. The molecule has 1 aromatic carbocycles. The molecule has 2 N–H and O–H groups in total. The van der Waals surface area contributed by atoms with E-state index in [1.54, 1.807) is 11.3 Å². The van der Waals surface area contributed by atoms with Crippen molar-refractivity contribution < 1.29 is 4.79 Å². The van der Waals surface area contributed by atoms with Crippen LogP contribution in [0, 0.1) is 0 Å². The van der Waals surface area contributed by atoms with Gasteiger partial charge >= 0.3 is 0 Å². The molecule has 0 radical (unpaired) electrons. The lowest BCUT2D eigenvalue weighted by Gasteiger charge is -2.10. The number of rotatable bonds is 5. The van der Waals surface area contributed by atoms with Gasteiger partial charge in [0, 0.05) is 34.6 Å². The Kier molecular flexibility index (Phi) is 5.00. The van der Waals surface area contributed by atoms with Crippen LogP contribution in [0.4, 0.5) is 11.4 Å². The molecule has 3 rings (SSSR count). The molecule has 1 aliphatic heterocycles. The summed E-state index contributed by atoms with van der Waals surface area (Å²) in [6.07, 6.45) is 6.52. The van der Waals surface area contributed by atoms with Crippen LogP contribution in [0.1, 0.15) is 28.3 Å². The second-order valence-electron chi connectivity index (χ2n) is 5.28. The fourth-order valence-corrected chi connectivity index (χ4v) is 4.11. The Morgan fingerprint density at radius 1 is 1.41 bits per heavy atom. The Bertz CT molecular complexity index is 669. The highest BCUT2D eigenvalue weighted by Gasteiger charge is 2.13. The zero-order valence-electron chi connectivity index (χ0n) is 12.5. The van der Waals surface area contributed by atoms with E-state index in [0.717, 1.165) is 41.5 Å². The van der Waals surface area contributed by atoms with Crippen molar-refractivity contribution in [3.63, 3.8) is 0 Å². The monoisotopic (exact) mass is 333 g/mol. The maximum Gasteiger partial charge on any atom is 0.224 e. The van der Waals surface area contributed by atoms with Crippen LogP contribution in [0.3, 0.4) is 0 Å². The van der Waals surface area contributed by atoms with Gasteiger partial charge in [0.15, 0.2) is 0 Å². The van der Waals surface area contributed by atoms with Gasteiger partial charge in [0.2, 0.25) is 5.91 Å². The fourth-order valence-electron chi connectivity index (χ4n) is 2.50. The maximum atomic E-state index is 11.6. The van der Waals surface area contributed by atoms with Gasteiger partial charge < -0.3 is 10.6 Å². The van der Waals surface area contributed by atoms with E-state index < -0.39 is 0 Å². The molecule has 0 unspecified atom stereocenters. The number of nitrogens with one attached hydrogen (secondary N) is 2. The van der Waals surface area contributed by atoms with Crippen LogP contribution in [-0.2, 0) is 23.5 Å². The Labute approximate surface area is 138 Å². The van der Waals surface area contributed by atoms with Gasteiger partial charge in [0.1, 0.15) is 5.01 Å². The lowest BCUT2D eigenvalue weighted by Crippen LogP contribution is -2.09. The van der Waals surface area contributed by atoms with E-state index >= 15 is 0 Å². The summed E-state index contributed by atoms with van der Waals surface area (Å²) in [5.74, 6) is 1.14. The van der Waals surface area contributed by atoms with Crippen molar-refractivity contribution in [2.45, 2.75) is 31.6 Å². The number of thioether (sulfide) groups is 1. The highest BCUT2D eigenvalue weighted by molar-refractivity contribution is 7.97. The van der Waals surface area contributed by atoms with Gasteiger partial charge in [0.05, 0.1) is 6.54 Å². The first-order valence-electron chi connectivity index (χ1n) is 7.34. The van der Waals surface area contributed by atoms with Crippen molar-refractivity contribution in [3.8, 4) is 0 Å². The third-order valence-corrected chi connectivity index (χ3v) is 5.34. The van der Waals surface area contributed by atoms with Crippen molar-refractivity contribution in [3.05, 3.63) is 39.8 Å². The number of hydrogen-bond donors (Lipinski definition) is 2. The predicted octanol–water partition coefficient (Wildman–Crippen LogP) is 3.89. The number of nitrogens with zero attached hydrogens (tertiary/aromatic N) is 1. The van der Waals surface area contributed by atoms with Crippen LogP contribution in [0.2, 0.25) is 0 Å². The first-order chi connectivity index (χ1) is 10.7. The smallest absolute Gasteiger partial charge is 0.224 e. The molecule has 1 aliphatic rings. The van der Waals surface area contributed by atoms with Crippen LogP contribution in [-0.4, -0.2) is 17.1 Å². The maximum absolute atomic E-state index is 11.6. The number of anilines is 2. The molecule has 1 aromatic heterocycles. The minimum Gasteiger partial charge on any atom is -0.379 e. The van der Waals surface area contributed by atoms with Crippen molar-refractivity contribution in [1.29, 1.82) is 0 Å². The molecule has 4 nitrogen and oxygen atoms in total. The Morgan fingerprint density at radius 3 is 3.18 bits per heavy atom. The van der Waals surface area contributed by atoms with E-state index in [0.29, 0.717) is 6.42 Å². The Balaban J connectivity index is 1.65. The lowest BCUT2D eigenvalue weighted by molar-refractivity contribution is -0.116. The summed E-state index contributed by atoms with van der Waals surface area (Å²) in [5.41, 5.74) is 3.24. The average molecular weight is 333 g/mol. The number of hydrogen-bond acceptors (Lipinski definition) is 5. The van der Waals surface area contributed by atoms with Crippen molar-refractivity contribution in [2.75, 3.05) is 16.9 Å². The summed E-state index contributed by atoms with van der Waals surface area (Å²) >= 11 is 3.57. The fraction of sp³-hybridized carbons (Fsp3) is 0.375. The number of benzene rings is 1. The molecule has 0 saturated carbocycles. The van der Waals surface area contributed by atoms with Crippen LogP contribution >= 0.6 is 23.1 Å². The molecule has 2 aromatic rings. The van der Waals surface area contributed by atoms with Gasteiger partial charge in [-0.25, -0.2) is 4.98 Å². The molecule has 22 heavy (non-hydrogen) atoms. The average Bonchev–Trinajstić information content (AvgIpc) is 2.86. The van der Waals surface area contributed by atoms with E-state index in [1.165, 1.54) is 10.4 Å². The molecule has 0 aliphatic carbocycles. The van der Waals surface area contributed by atoms with Crippen molar-refractivity contribution in [2.24, 2.45) is 0 Å². The predicted molar refractivity (Wildman–Crippen MR) is 94.7 cm³/mol. The number of amides is 1. The number of aromatic nitrogens is 1. The normalized spacial score (nSPS) is 14.1. The summed E-state index contributed by atoms with van der Waals surface area (Å²) < 4.78 is 0. The minimum absolute atomic E-state index is 0.114. The van der Waals surface area contributed by atoms with Crippen LogP contribution in [0.25, 0.3) is 0 Å². The van der Waals surface area contributed by atoms with Crippen LogP contribution in [0.5, 0.6) is 0 Å². The van der Waals surface area contributed by atoms with E-state index in [4.69, 9.17) is 0 Å². The molecule has 0 bridgehead atoms. The zero-order chi connectivity index (χ0) is 15.4. The molecule has 2 heterocycles. The van der Waals surface area contributed by atoms with Gasteiger partial charge in [-0.1, -0.05) is 0 Å². The van der Waals surface area contributed by atoms with E-state index in [1.807, 2.05) is 30.1 Å². The lowest BCUT2D eigenvalue weighted by atomic mass is 10.1. The van der Waals surface area contributed by atoms with Crippen molar-refractivity contribution >= 4 is 40.4 Å². The van der Waals surface area contributed by atoms with Gasteiger partial charge in [-0.2, -0.15) is 11.8 Å². The van der Waals surface area contributed by atoms with E-state index in [2.05, 4.69) is 27.9 Å². The summed E-state index contributed by atoms with van der Waals surface area (Å²) in [4.78, 5) is 17.3. The number of thiazole rings is 1. The molecule has 1 amide bonds. The highest BCUT2D eigenvalue weighted by atomic mass is 32.2. The summed E-state index contributed by atoms with van der Waals surface area (Å²) in [6.45, 7) is 0.740. The Hall–Kier alpha value is -1.53. The standard InChI is InChI=1S/C16H19N3OS2/c1-21-10-13-8-18-16(22-13)9-17-12-5-6-14-11(7-12)3-2-4-15(20)19-14/h5-8,17H,2-4,9-10H2,1H3,(H,19,20). The van der Waals surface area contributed by atoms with E-state index in [-0.39, 0.29) is 5.91 Å². The minimum atomic E-state index is 0.114. The van der Waals surface area contributed by atoms with E-state index in [9.17, 15) is 4.79 Å². The molecule has 0 atom stereocenters. The zero-order valence-corrected chi connectivity index (χ0v) is 14.1. The van der Waals surface area contributed by atoms with Crippen LogP contribution < -0.4 is 10.6 Å². The van der Waals surface area contributed by atoms with Crippen LogP contribution in [0.15, 0.2) is 24.4 Å². The first kappa shape index (κ1) is 15.4. The highest BCUT2D eigenvalue weighted by Crippen LogP contribution is 2.26. The number of carbonyl (C=O) groups excluding carboxylic acids is 1. The second kappa shape index (κ2) is 7.15. The molecule has 6 heteroatoms. The molecular formula is C16H19N3OS2. The molecule has 0 spiro atoms. The SMILES string of the molecule is CSCc1cnc(CNc2ccc3c(c2)CCCC(=O)N3)s1. The van der Waals surface area contributed by atoms with Gasteiger partial charge in [-0.15, -0.1) is 11.3 Å².